The first-order valence-electron chi connectivity index (χ1n) is 10.3. The Balaban J connectivity index is 1.78. The van der Waals surface area contributed by atoms with Crippen LogP contribution in [-0.2, 0) is 5.41 Å². The molecule has 2 aliphatic rings. The highest BCUT2D eigenvalue weighted by Crippen LogP contribution is 2.58. The Bertz CT molecular complexity index is 1490. The van der Waals surface area contributed by atoms with E-state index in [4.69, 9.17) is 10.00 Å². The minimum absolute atomic E-state index is 0.00844. The zero-order valence-electron chi connectivity index (χ0n) is 18.3. The van der Waals surface area contributed by atoms with Crippen molar-refractivity contribution in [3.05, 3.63) is 69.2 Å². The number of Topliss-reactive ketones (excluding diaryl/α,β-unsaturated/α-hetero) is 2. The van der Waals surface area contributed by atoms with Crippen molar-refractivity contribution in [3.8, 4) is 29.0 Å². The van der Waals surface area contributed by atoms with Gasteiger partial charge in [-0.05, 0) is 52.0 Å². The Morgan fingerprint density at radius 3 is 2.45 bits per heavy atom. The van der Waals surface area contributed by atoms with Gasteiger partial charge in [0.1, 0.15) is 34.0 Å². The third-order valence-electron chi connectivity index (χ3n) is 6.48. The minimum atomic E-state index is -1.39. The van der Waals surface area contributed by atoms with Crippen LogP contribution in [0.4, 0.5) is 0 Å². The standard InChI is InChI=1S/C25H19N3O5/c1-11-21(30)19(13(3)29)23-20(22(11)31)25(4)17(33-23)9-16-18(24(25)32)12(2)27-28(16)15-7-5-14(10-26)6-8-15/h5-9,30-31H,1-4H3/t25-/m0/s1. The van der Waals surface area contributed by atoms with Crippen molar-refractivity contribution in [2.45, 2.75) is 33.1 Å². The van der Waals surface area contributed by atoms with Crippen LogP contribution in [0.15, 0.2) is 30.0 Å². The number of benzene rings is 2. The molecular formula is C25H19N3O5. The second-order valence-corrected chi connectivity index (χ2v) is 8.44. The summed E-state index contributed by atoms with van der Waals surface area (Å²) in [5.74, 6) is -1.21. The maximum absolute atomic E-state index is 13.9. The molecule has 0 unspecified atom stereocenters. The Morgan fingerprint density at radius 2 is 1.85 bits per heavy atom. The van der Waals surface area contributed by atoms with Crippen molar-refractivity contribution >= 4 is 17.6 Å². The van der Waals surface area contributed by atoms with E-state index in [1.807, 2.05) is 0 Å². The van der Waals surface area contributed by atoms with Gasteiger partial charge in [0.15, 0.2) is 11.6 Å². The number of aromatic hydroxyl groups is 2. The van der Waals surface area contributed by atoms with Gasteiger partial charge in [0.2, 0.25) is 0 Å². The number of nitrogens with zero attached hydrogens (tertiary/aromatic N) is 3. The molecule has 0 saturated heterocycles. The molecule has 0 saturated carbocycles. The van der Waals surface area contributed by atoms with E-state index in [1.165, 1.54) is 13.8 Å². The average molecular weight is 441 g/mol. The van der Waals surface area contributed by atoms with E-state index in [2.05, 4.69) is 11.2 Å². The molecule has 8 heteroatoms. The smallest absolute Gasteiger partial charge is 0.185 e. The fraction of sp³-hybridized carbons (Fsp3) is 0.200. The molecule has 2 N–H and O–H groups in total. The van der Waals surface area contributed by atoms with Crippen LogP contribution in [0.2, 0.25) is 0 Å². The molecule has 0 spiro atoms. The number of phenols is 2. The number of ether oxygens (including phenoxy) is 1. The number of rotatable bonds is 2. The van der Waals surface area contributed by atoms with Crippen molar-refractivity contribution in [1.82, 2.24) is 9.78 Å². The maximum atomic E-state index is 13.9. The SMILES string of the molecule is CC(=O)c1c(O)c(C)c(O)c2c1OC1=Cc3c(c(C)nn3-c3ccc(C#N)cc3)C(=O)[C@@]12C. The van der Waals surface area contributed by atoms with Crippen molar-refractivity contribution in [2.75, 3.05) is 0 Å². The van der Waals surface area contributed by atoms with E-state index in [-0.39, 0.29) is 45.5 Å². The van der Waals surface area contributed by atoms with E-state index in [1.54, 1.807) is 48.9 Å². The van der Waals surface area contributed by atoms with Gasteiger partial charge in [-0.3, -0.25) is 9.59 Å². The molecule has 2 heterocycles. The quantitative estimate of drug-likeness (QED) is 0.578. The summed E-state index contributed by atoms with van der Waals surface area (Å²) >= 11 is 0. The van der Waals surface area contributed by atoms with E-state index in [0.717, 1.165) is 0 Å². The summed E-state index contributed by atoms with van der Waals surface area (Å²) in [5.41, 5.74) is 1.31. The molecule has 0 radical (unpaired) electrons. The first-order valence-corrected chi connectivity index (χ1v) is 10.3. The zero-order chi connectivity index (χ0) is 23.8. The second kappa shape index (κ2) is 6.56. The van der Waals surface area contributed by atoms with Gasteiger partial charge in [-0.1, -0.05) is 0 Å². The lowest BCUT2D eigenvalue weighted by Crippen LogP contribution is -2.36. The number of fused-ring (bicyclic) bond motifs is 4. The number of carbonyl (C=O) groups excluding carboxylic acids is 2. The number of aryl methyl sites for hydroxylation is 1. The molecular weight excluding hydrogens is 422 g/mol. The van der Waals surface area contributed by atoms with Crippen LogP contribution in [0.3, 0.4) is 0 Å². The number of hydrogen-bond donors (Lipinski definition) is 2. The Kier molecular flexibility index (Phi) is 4.08. The maximum Gasteiger partial charge on any atom is 0.185 e. The summed E-state index contributed by atoms with van der Waals surface area (Å²) in [4.78, 5) is 26.2. The van der Waals surface area contributed by atoms with Crippen LogP contribution in [0.1, 0.15) is 62.6 Å². The Hall–Kier alpha value is -4.38. The molecule has 0 bridgehead atoms. The van der Waals surface area contributed by atoms with Crippen LogP contribution < -0.4 is 4.74 Å². The van der Waals surface area contributed by atoms with E-state index in [0.29, 0.717) is 28.2 Å². The van der Waals surface area contributed by atoms with Gasteiger partial charge in [-0.25, -0.2) is 4.68 Å². The topological polar surface area (TPSA) is 125 Å². The van der Waals surface area contributed by atoms with Gasteiger partial charge >= 0.3 is 0 Å². The number of nitriles is 1. The second-order valence-electron chi connectivity index (χ2n) is 8.44. The normalized spacial score (nSPS) is 18.0. The third-order valence-corrected chi connectivity index (χ3v) is 6.48. The molecule has 1 aliphatic carbocycles. The van der Waals surface area contributed by atoms with Crippen molar-refractivity contribution < 1.29 is 24.5 Å². The van der Waals surface area contributed by atoms with Crippen molar-refractivity contribution in [2.24, 2.45) is 0 Å². The third kappa shape index (κ3) is 2.47. The summed E-state index contributed by atoms with van der Waals surface area (Å²) in [7, 11) is 0. The Labute approximate surface area is 189 Å². The molecule has 8 nitrogen and oxygen atoms in total. The van der Waals surface area contributed by atoms with Crippen molar-refractivity contribution in [3.63, 3.8) is 0 Å². The lowest BCUT2D eigenvalue weighted by atomic mass is 9.71. The lowest BCUT2D eigenvalue weighted by molar-refractivity contribution is 0.0905. The van der Waals surface area contributed by atoms with Gasteiger partial charge in [-0.15, -0.1) is 0 Å². The van der Waals surface area contributed by atoms with E-state index >= 15 is 0 Å². The minimum Gasteiger partial charge on any atom is -0.507 e. The number of carbonyl (C=O) groups is 2. The first-order chi connectivity index (χ1) is 15.6. The summed E-state index contributed by atoms with van der Waals surface area (Å²) in [6.07, 6.45) is 1.67. The number of hydrogen-bond acceptors (Lipinski definition) is 7. The largest absolute Gasteiger partial charge is 0.507 e. The van der Waals surface area contributed by atoms with Crippen LogP contribution in [0, 0.1) is 25.2 Å². The molecule has 3 aromatic rings. The summed E-state index contributed by atoms with van der Waals surface area (Å²) in [6, 6.07) is 8.84. The molecule has 0 amide bonds. The highest BCUT2D eigenvalue weighted by atomic mass is 16.5. The molecule has 2 aromatic carbocycles. The molecule has 1 aliphatic heterocycles. The highest BCUT2D eigenvalue weighted by Gasteiger charge is 2.55. The average Bonchev–Trinajstić information content (AvgIpc) is 3.27. The predicted molar refractivity (Wildman–Crippen MR) is 118 cm³/mol. The van der Waals surface area contributed by atoms with Crippen LogP contribution in [-0.4, -0.2) is 31.6 Å². The molecule has 33 heavy (non-hydrogen) atoms. The van der Waals surface area contributed by atoms with E-state index < -0.39 is 11.2 Å². The molecule has 1 atom stereocenters. The number of allylic oxidation sites excluding steroid dienone is 1. The molecule has 164 valence electrons. The summed E-state index contributed by atoms with van der Waals surface area (Å²) in [6.45, 7) is 6.13. The monoisotopic (exact) mass is 441 g/mol. The van der Waals surface area contributed by atoms with Crippen LogP contribution in [0.25, 0.3) is 11.8 Å². The molecule has 1 aromatic heterocycles. The highest BCUT2D eigenvalue weighted by molar-refractivity contribution is 6.14. The summed E-state index contributed by atoms with van der Waals surface area (Å²) in [5, 5.41) is 35.0. The van der Waals surface area contributed by atoms with Gasteiger partial charge in [0.05, 0.1) is 39.8 Å². The molecule has 0 fully saturated rings. The van der Waals surface area contributed by atoms with Gasteiger partial charge < -0.3 is 14.9 Å². The molecule has 5 rings (SSSR count). The van der Waals surface area contributed by atoms with Gasteiger partial charge in [-0.2, -0.15) is 10.4 Å². The number of aromatic nitrogens is 2. The van der Waals surface area contributed by atoms with Crippen LogP contribution >= 0.6 is 0 Å². The lowest BCUT2D eigenvalue weighted by Gasteiger charge is -2.27. The van der Waals surface area contributed by atoms with Gasteiger partial charge in [0, 0.05) is 11.6 Å². The Morgan fingerprint density at radius 1 is 1.18 bits per heavy atom. The number of phenolic OH excluding ortho intramolecular Hbond substituents is 2. The van der Waals surface area contributed by atoms with Gasteiger partial charge in [0.25, 0.3) is 0 Å². The predicted octanol–water partition coefficient (Wildman–Crippen LogP) is 3.86. The van der Waals surface area contributed by atoms with Crippen molar-refractivity contribution in [1.29, 1.82) is 5.26 Å². The fourth-order valence-corrected chi connectivity index (χ4v) is 4.66. The fourth-order valence-electron chi connectivity index (χ4n) is 4.66. The summed E-state index contributed by atoms with van der Waals surface area (Å²) < 4.78 is 7.60. The number of ketones is 2. The van der Waals surface area contributed by atoms with E-state index in [9.17, 15) is 19.8 Å². The van der Waals surface area contributed by atoms with Crippen LogP contribution in [0.5, 0.6) is 17.2 Å². The first kappa shape index (κ1) is 20.5. The zero-order valence-corrected chi connectivity index (χ0v) is 18.3.